The lowest BCUT2D eigenvalue weighted by molar-refractivity contribution is -0.156. The fourth-order valence-electron chi connectivity index (χ4n) is 5.87. The van der Waals surface area contributed by atoms with Crippen molar-refractivity contribution in [1.82, 2.24) is 39.0 Å². The summed E-state index contributed by atoms with van der Waals surface area (Å²) in [6.07, 6.45) is 1.80. The molecule has 352 valence electrons. The van der Waals surface area contributed by atoms with Gasteiger partial charge in [-0.05, 0) is 11.1 Å². The Morgan fingerprint density at radius 2 is 0.910 bits per heavy atom. The Balaban J connectivity index is 1.33. The number of amides is 2. The summed E-state index contributed by atoms with van der Waals surface area (Å²) >= 11 is 0. The highest BCUT2D eigenvalue weighted by atomic mass is 16.6. The predicted molar refractivity (Wildman–Crippen MR) is 230 cm³/mol. The lowest BCUT2D eigenvalue weighted by Gasteiger charge is -2.23. The molecule has 0 bridgehead atoms. The Labute approximate surface area is 381 Å². The molecule has 2 aromatic carbocycles. The summed E-state index contributed by atoms with van der Waals surface area (Å²) in [6, 6.07) is 18.4. The van der Waals surface area contributed by atoms with E-state index in [1.165, 1.54) is 49.5 Å². The van der Waals surface area contributed by atoms with Crippen molar-refractivity contribution in [2.24, 2.45) is 0 Å². The maximum absolute atomic E-state index is 13.0. The van der Waals surface area contributed by atoms with Crippen LogP contribution in [0.15, 0.2) is 73.3 Å². The van der Waals surface area contributed by atoms with Crippen molar-refractivity contribution in [3.63, 3.8) is 0 Å². The second kappa shape index (κ2) is 23.7. The molecule has 0 aliphatic heterocycles. The number of fused-ring (bicyclic) bond motifs is 2. The SMILES string of the molecule is CC(=O)OCC(COC(C)=O)OCn1cnc2c(OCc3ccccc3)nc(N(C=O)CN(C=O)c3nc(OCc4ccccc4)c4ncn(COC(COC(C)=O)COC(C)=O)c4n3)nc21. The fourth-order valence-corrected chi connectivity index (χ4v) is 5.87. The highest BCUT2D eigenvalue weighted by Crippen LogP contribution is 2.28. The van der Waals surface area contributed by atoms with Gasteiger partial charge in [-0.15, -0.1) is 0 Å². The summed E-state index contributed by atoms with van der Waals surface area (Å²) in [5.41, 5.74) is 2.23. The zero-order valence-electron chi connectivity index (χ0n) is 36.8. The van der Waals surface area contributed by atoms with Crippen molar-refractivity contribution in [3.8, 4) is 11.8 Å². The number of aromatic nitrogens is 8. The van der Waals surface area contributed by atoms with Gasteiger partial charge in [-0.1, -0.05) is 60.7 Å². The van der Waals surface area contributed by atoms with Crippen LogP contribution in [-0.2, 0) is 83.9 Å². The number of hydrogen-bond acceptors (Lipinski definition) is 20. The molecule has 0 saturated carbocycles. The van der Waals surface area contributed by atoms with Gasteiger partial charge in [-0.3, -0.25) is 47.7 Å². The molecule has 0 radical (unpaired) electrons. The number of carbonyl (C=O) groups is 6. The normalized spacial score (nSPS) is 11.1. The summed E-state index contributed by atoms with van der Waals surface area (Å²) < 4.78 is 47.5. The van der Waals surface area contributed by atoms with E-state index in [0.717, 1.165) is 20.9 Å². The third-order valence-corrected chi connectivity index (χ3v) is 9.14. The molecular weight excluding hydrogens is 881 g/mol. The molecule has 4 aromatic heterocycles. The molecule has 0 spiro atoms. The van der Waals surface area contributed by atoms with E-state index >= 15 is 0 Å². The zero-order valence-corrected chi connectivity index (χ0v) is 36.8. The molecule has 6 aromatic rings. The first-order valence-corrected chi connectivity index (χ1v) is 20.4. The molecule has 0 unspecified atom stereocenters. The fraction of sp³-hybridized carbons (Fsp3) is 0.349. The summed E-state index contributed by atoms with van der Waals surface area (Å²) in [4.78, 5) is 101. The molecule has 67 heavy (non-hydrogen) atoms. The molecule has 0 N–H and O–H groups in total. The number of carbonyl (C=O) groups excluding carboxylic acids is 6. The van der Waals surface area contributed by atoms with Crippen molar-refractivity contribution in [3.05, 3.63) is 84.4 Å². The Morgan fingerprint density at radius 1 is 0.552 bits per heavy atom. The van der Waals surface area contributed by atoms with Crippen LogP contribution < -0.4 is 19.3 Å². The first kappa shape index (κ1) is 48.3. The number of anilines is 2. The summed E-state index contributed by atoms with van der Waals surface area (Å²) in [5, 5.41) is 0. The van der Waals surface area contributed by atoms with Crippen LogP contribution >= 0.6 is 0 Å². The molecule has 24 heteroatoms. The van der Waals surface area contributed by atoms with Crippen LogP contribution in [0.3, 0.4) is 0 Å². The Kier molecular flexibility index (Phi) is 17.1. The minimum atomic E-state index is -0.877. The standard InChI is InChI=1S/C43H46N10O14/c1-28(56)60-17-34(18-61-29(2)57)66-26-50-21-44-36-38(50)46-42(48-40(36)64-15-32-11-7-5-8-12-32)52(24-54)23-53(25-55)43-47-39-37(41(49-43)65-16-33-13-9-6-10-14-33)45-22-51(39)27-67-35(19-62-30(3)58)20-63-31(4)59/h5-14,21-22,24-25,34-35H,15-20,23,26-27H2,1-4H3. The second-order valence-electron chi connectivity index (χ2n) is 14.3. The van der Waals surface area contributed by atoms with E-state index < -0.39 is 42.8 Å². The number of hydrogen-bond donors (Lipinski definition) is 0. The third-order valence-electron chi connectivity index (χ3n) is 9.14. The van der Waals surface area contributed by atoms with Gasteiger partial charge in [0.1, 0.15) is 72.0 Å². The van der Waals surface area contributed by atoms with E-state index in [1.54, 1.807) is 0 Å². The molecule has 6 rings (SSSR count). The van der Waals surface area contributed by atoms with Crippen LogP contribution in [0, 0.1) is 0 Å². The summed E-state index contributed by atoms with van der Waals surface area (Å²) in [6.45, 7) is 3.06. The van der Waals surface area contributed by atoms with Crippen LogP contribution in [0.1, 0.15) is 38.8 Å². The smallest absolute Gasteiger partial charge is 0.302 e. The number of rotatable bonds is 26. The largest absolute Gasteiger partial charge is 0.471 e. The van der Waals surface area contributed by atoms with Gasteiger partial charge in [0.25, 0.3) is 0 Å². The van der Waals surface area contributed by atoms with Gasteiger partial charge in [-0.25, -0.2) is 9.97 Å². The highest BCUT2D eigenvalue weighted by Gasteiger charge is 2.25. The van der Waals surface area contributed by atoms with E-state index in [1.807, 2.05) is 60.7 Å². The quantitative estimate of drug-likeness (QED) is 0.0327. The van der Waals surface area contributed by atoms with Gasteiger partial charge in [-0.2, -0.15) is 19.9 Å². The number of ether oxygens (including phenoxy) is 8. The molecule has 4 heterocycles. The van der Waals surface area contributed by atoms with Gasteiger partial charge in [0.05, 0.1) is 12.7 Å². The maximum atomic E-state index is 13.0. The monoisotopic (exact) mass is 926 g/mol. The number of benzene rings is 2. The number of imidazole rings is 2. The molecule has 24 nitrogen and oxygen atoms in total. The lowest BCUT2D eigenvalue weighted by Crippen LogP contribution is -2.38. The van der Waals surface area contributed by atoms with Gasteiger partial charge < -0.3 is 37.9 Å². The van der Waals surface area contributed by atoms with E-state index in [0.29, 0.717) is 12.8 Å². The van der Waals surface area contributed by atoms with Crippen LogP contribution in [-0.4, -0.2) is 121 Å². The summed E-state index contributed by atoms with van der Waals surface area (Å²) in [5.74, 6) is -2.80. The van der Waals surface area contributed by atoms with E-state index in [4.69, 9.17) is 37.9 Å². The minimum Gasteiger partial charge on any atom is -0.471 e. The Hall–Kier alpha value is -8.12. The van der Waals surface area contributed by atoms with E-state index in [-0.39, 0.29) is 99.1 Å². The van der Waals surface area contributed by atoms with Crippen LogP contribution in [0.5, 0.6) is 11.8 Å². The van der Waals surface area contributed by atoms with Crippen LogP contribution in [0.4, 0.5) is 11.9 Å². The van der Waals surface area contributed by atoms with Crippen molar-refractivity contribution < 1.29 is 66.7 Å². The van der Waals surface area contributed by atoms with Gasteiger partial charge in [0.15, 0.2) is 22.3 Å². The lowest BCUT2D eigenvalue weighted by atomic mass is 10.2. The minimum absolute atomic E-state index is 0.0256. The van der Waals surface area contributed by atoms with Crippen molar-refractivity contribution in [2.45, 2.75) is 66.6 Å². The first-order chi connectivity index (χ1) is 32.4. The highest BCUT2D eigenvalue weighted by molar-refractivity contribution is 5.84. The Morgan fingerprint density at radius 3 is 1.24 bits per heavy atom. The second-order valence-corrected chi connectivity index (χ2v) is 14.3. The van der Waals surface area contributed by atoms with Gasteiger partial charge in [0.2, 0.25) is 36.5 Å². The molecule has 2 amide bonds. The molecular formula is C43H46N10O14. The van der Waals surface area contributed by atoms with Crippen LogP contribution in [0.25, 0.3) is 22.3 Å². The number of esters is 4. The van der Waals surface area contributed by atoms with Crippen molar-refractivity contribution >= 4 is 70.9 Å². The van der Waals surface area contributed by atoms with Crippen LogP contribution in [0.2, 0.25) is 0 Å². The van der Waals surface area contributed by atoms with Crippen molar-refractivity contribution in [2.75, 3.05) is 42.9 Å². The molecule has 0 aliphatic rings. The average Bonchev–Trinajstić information content (AvgIpc) is 3.94. The summed E-state index contributed by atoms with van der Waals surface area (Å²) in [7, 11) is 0. The molecule has 0 fully saturated rings. The third kappa shape index (κ3) is 13.9. The van der Waals surface area contributed by atoms with Crippen molar-refractivity contribution in [1.29, 1.82) is 0 Å². The predicted octanol–water partition coefficient (Wildman–Crippen LogP) is 2.65. The zero-order chi connectivity index (χ0) is 47.7. The van der Waals surface area contributed by atoms with Gasteiger partial charge >= 0.3 is 23.9 Å². The Bertz CT molecular complexity index is 2430. The maximum Gasteiger partial charge on any atom is 0.302 e. The number of nitrogens with zero attached hydrogens (tertiary/aromatic N) is 10. The molecule has 0 saturated heterocycles. The topological polar surface area (TPSA) is 270 Å². The van der Waals surface area contributed by atoms with E-state index in [9.17, 15) is 28.8 Å². The first-order valence-electron chi connectivity index (χ1n) is 20.4. The molecule has 0 aliphatic carbocycles. The average molecular weight is 927 g/mol. The van der Waals surface area contributed by atoms with E-state index in [2.05, 4.69) is 29.9 Å². The van der Waals surface area contributed by atoms with Gasteiger partial charge in [0, 0.05) is 27.7 Å². The molecule has 0 atom stereocenters.